The van der Waals surface area contributed by atoms with Crippen LogP contribution in [0.2, 0.25) is 0 Å². The number of nitrogens with zero attached hydrogens (tertiary/aromatic N) is 1. The lowest BCUT2D eigenvalue weighted by Gasteiger charge is -2.08. The number of nitrogens with two attached hydrogens (primary N) is 1. The Hall–Kier alpha value is -1.88. The third-order valence-corrected chi connectivity index (χ3v) is 2.91. The van der Waals surface area contributed by atoms with Crippen LogP contribution in [0.5, 0.6) is 0 Å². The molecule has 1 heterocycles. The van der Waals surface area contributed by atoms with Crippen molar-refractivity contribution in [3.05, 3.63) is 52.8 Å². The van der Waals surface area contributed by atoms with Crippen molar-refractivity contribution in [1.29, 1.82) is 0 Å². The molecular weight excluding hydrogens is 282 g/mol. The Bertz CT molecular complexity index is 557. The number of carbonyl (C=O) groups excluding carboxylic acids is 1. The molecule has 0 aliphatic carbocycles. The Balaban J connectivity index is 2.24. The van der Waals surface area contributed by atoms with Gasteiger partial charge in [-0.15, -0.1) is 0 Å². The zero-order valence-electron chi connectivity index (χ0n) is 8.85. The largest absolute Gasteiger partial charge is 0.398 e. The van der Waals surface area contributed by atoms with Gasteiger partial charge in [-0.1, -0.05) is 12.1 Å². The summed E-state index contributed by atoms with van der Waals surface area (Å²) in [7, 11) is 0. The van der Waals surface area contributed by atoms with Crippen molar-refractivity contribution in [1.82, 2.24) is 4.98 Å². The summed E-state index contributed by atoms with van der Waals surface area (Å²) in [6.07, 6.45) is 2.99. The number of para-hydroxylation sites is 1. The number of hydrogen-bond acceptors (Lipinski definition) is 3. The maximum absolute atomic E-state index is 11.9. The van der Waals surface area contributed by atoms with Gasteiger partial charge in [-0.3, -0.25) is 9.78 Å². The van der Waals surface area contributed by atoms with Crippen LogP contribution in [0.4, 0.5) is 11.4 Å². The number of nitrogens with one attached hydrogen (secondary N) is 1. The lowest BCUT2D eigenvalue weighted by atomic mass is 10.2. The number of hydrogen-bond donors (Lipinski definition) is 2. The van der Waals surface area contributed by atoms with Gasteiger partial charge in [0.15, 0.2) is 0 Å². The number of nitrogen functional groups attached to an aromatic ring is 1. The molecule has 0 aliphatic rings. The SMILES string of the molecule is Nc1ccncc1C(=O)Nc1ccccc1Br. The second-order valence-electron chi connectivity index (χ2n) is 3.40. The van der Waals surface area contributed by atoms with Crippen molar-refractivity contribution in [2.75, 3.05) is 11.1 Å². The fourth-order valence-electron chi connectivity index (χ4n) is 1.35. The maximum atomic E-state index is 11.9. The first kappa shape index (κ1) is 11.6. The summed E-state index contributed by atoms with van der Waals surface area (Å²) < 4.78 is 0.816. The number of pyridine rings is 1. The fourth-order valence-corrected chi connectivity index (χ4v) is 1.73. The highest BCUT2D eigenvalue weighted by molar-refractivity contribution is 9.10. The molecule has 2 aromatic rings. The standard InChI is InChI=1S/C12H10BrN3O/c13-9-3-1-2-4-11(9)16-12(17)8-7-15-6-5-10(8)14/h1-7H,(H2,14,15)(H,16,17). The van der Waals surface area contributed by atoms with Crippen LogP contribution in [0.25, 0.3) is 0 Å². The quantitative estimate of drug-likeness (QED) is 0.894. The number of carbonyl (C=O) groups is 1. The van der Waals surface area contributed by atoms with Crippen molar-refractivity contribution in [3.8, 4) is 0 Å². The molecule has 5 heteroatoms. The van der Waals surface area contributed by atoms with E-state index in [1.54, 1.807) is 18.3 Å². The molecule has 0 atom stereocenters. The third-order valence-electron chi connectivity index (χ3n) is 2.22. The van der Waals surface area contributed by atoms with E-state index >= 15 is 0 Å². The lowest BCUT2D eigenvalue weighted by molar-refractivity contribution is 0.102. The van der Waals surface area contributed by atoms with E-state index < -0.39 is 0 Å². The minimum atomic E-state index is -0.275. The van der Waals surface area contributed by atoms with Crippen LogP contribution in [0.1, 0.15) is 10.4 Å². The van der Waals surface area contributed by atoms with Crippen molar-refractivity contribution >= 4 is 33.2 Å². The van der Waals surface area contributed by atoms with Gasteiger partial charge in [0.25, 0.3) is 5.91 Å². The molecule has 0 unspecified atom stereocenters. The van der Waals surface area contributed by atoms with Crippen LogP contribution in [0.3, 0.4) is 0 Å². The number of rotatable bonds is 2. The molecule has 0 aliphatic heterocycles. The predicted molar refractivity (Wildman–Crippen MR) is 70.7 cm³/mol. The zero-order chi connectivity index (χ0) is 12.3. The first-order chi connectivity index (χ1) is 8.18. The van der Waals surface area contributed by atoms with E-state index in [4.69, 9.17) is 5.73 Å². The molecule has 0 fully saturated rings. The topological polar surface area (TPSA) is 68.0 Å². The zero-order valence-corrected chi connectivity index (χ0v) is 10.4. The molecule has 86 valence electrons. The van der Waals surface area contributed by atoms with Crippen molar-refractivity contribution in [2.24, 2.45) is 0 Å². The van der Waals surface area contributed by atoms with Crippen molar-refractivity contribution < 1.29 is 4.79 Å². The van der Waals surface area contributed by atoms with Gasteiger partial charge in [-0.05, 0) is 34.1 Å². The first-order valence-electron chi connectivity index (χ1n) is 4.94. The Morgan fingerprint density at radius 3 is 2.76 bits per heavy atom. The summed E-state index contributed by atoms with van der Waals surface area (Å²) in [4.78, 5) is 15.8. The van der Waals surface area contributed by atoms with E-state index in [1.807, 2.05) is 18.2 Å². The van der Waals surface area contributed by atoms with Crippen molar-refractivity contribution in [3.63, 3.8) is 0 Å². The van der Waals surface area contributed by atoms with E-state index in [1.165, 1.54) is 6.20 Å². The first-order valence-corrected chi connectivity index (χ1v) is 5.73. The third kappa shape index (κ3) is 2.62. The van der Waals surface area contributed by atoms with Gasteiger partial charge >= 0.3 is 0 Å². The molecule has 1 aromatic carbocycles. The van der Waals surface area contributed by atoms with E-state index in [2.05, 4.69) is 26.2 Å². The highest BCUT2D eigenvalue weighted by Crippen LogP contribution is 2.22. The summed E-state index contributed by atoms with van der Waals surface area (Å²) in [6.45, 7) is 0. The Kier molecular flexibility index (Phi) is 3.39. The molecule has 1 aromatic heterocycles. The number of benzene rings is 1. The van der Waals surface area contributed by atoms with Crippen LogP contribution in [-0.2, 0) is 0 Å². The summed E-state index contributed by atoms with van der Waals surface area (Å²) in [5, 5.41) is 2.76. The second-order valence-corrected chi connectivity index (χ2v) is 4.25. The molecule has 0 saturated heterocycles. The molecule has 0 spiro atoms. The number of aromatic nitrogens is 1. The van der Waals surface area contributed by atoms with Crippen LogP contribution in [-0.4, -0.2) is 10.9 Å². The number of anilines is 2. The maximum Gasteiger partial charge on any atom is 0.259 e. The summed E-state index contributed by atoms with van der Waals surface area (Å²) in [5.41, 5.74) is 7.17. The molecule has 17 heavy (non-hydrogen) atoms. The minimum Gasteiger partial charge on any atom is -0.398 e. The Morgan fingerprint density at radius 2 is 2.06 bits per heavy atom. The average Bonchev–Trinajstić information content (AvgIpc) is 2.32. The van der Waals surface area contributed by atoms with Gasteiger partial charge in [0, 0.05) is 22.6 Å². The molecule has 0 radical (unpaired) electrons. The highest BCUT2D eigenvalue weighted by Gasteiger charge is 2.10. The molecule has 3 N–H and O–H groups in total. The van der Waals surface area contributed by atoms with Gasteiger partial charge in [0.05, 0.1) is 11.3 Å². The van der Waals surface area contributed by atoms with Gasteiger partial charge in [-0.25, -0.2) is 0 Å². The van der Waals surface area contributed by atoms with Gasteiger partial charge in [0.2, 0.25) is 0 Å². The van der Waals surface area contributed by atoms with Crippen LogP contribution < -0.4 is 11.1 Å². The fraction of sp³-hybridized carbons (Fsp3) is 0. The molecule has 0 saturated carbocycles. The molecule has 1 amide bonds. The molecular formula is C12H10BrN3O. The predicted octanol–water partition coefficient (Wildman–Crippen LogP) is 2.68. The van der Waals surface area contributed by atoms with Crippen molar-refractivity contribution in [2.45, 2.75) is 0 Å². The number of amides is 1. The van der Waals surface area contributed by atoms with E-state index in [-0.39, 0.29) is 5.91 Å². The smallest absolute Gasteiger partial charge is 0.259 e. The number of halogens is 1. The normalized spacial score (nSPS) is 9.94. The van der Waals surface area contributed by atoms with Crippen LogP contribution in [0.15, 0.2) is 47.2 Å². The minimum absolute atomic E-state index is 0.275. The Morgan fingerprint density at radius 1 is 1.29 bits per heavy atom. The Labute approximate surface area is 107 Å². The van der Waals surface area contributed by atoms with Crippen LogP contribution in [0, 0.1) is 0 Å². The van der Waals surface area contributed by atoms with E-state index in [9.17, 15) is 4.79 Å². The van der Waals surface area contributed by atoms with Gasteiger partial charge < -0.3 is 11.1 Å². The van der Waals surface area contributed by atoms with Gasteiger partial charge in [-0.2, -0.15) is 0 Å². The summed E-state index contributed by atoms with van der Waals surface area (Å²) >= 11 is 3.35. The van der Waals surface area contributed by atoms with Crippen LogP contribution >= 0.6 is 15.9 Å². The molecule has 2 rings (SSSR count). The molecule has 4 nitrogen and oxygen atoms in total. The van der Waals surface area contributed by atoms with E-state index in [0.29, 0.717) is 16.9 Å². The molecule has 0 bridgehead atoms. The monoisotopic (exact) mass is 291 g/mol. The van der Waals surface area contributed by atoms with E-state index in [0.717, 1.165) is 4.47 Å². The summed E-state index contributed by atoms with van der Waals surface area (Å²) in [5.74, 6) is -0.275. The average molecular weight is 292 g/mol. The highest BCUT2D eigenvalue weighted by atomic mass is 79.9. The van der Waals surface area contributed by atoms with Gasteiger partial charge in [0.1, 0.15) is 0 Å². The lowest BCUT2D eigenvalue weighted by Crippen LogP contribution is -2.14. The summed E-state index contributed by atoms with van der Waals surface area (Å²) in [6, 6.07) is 8.96. The second kappa shape index (κ2) is 4.97.